The molecule has 0 aromatic heterocycles. The molecule has 4 nitrogen and oxygen atoms in total. The SMILES string of the molecule is CCCCCCCC/C=C\CCCCCCCC(=O)O[C@H](C)CC(=O)N(C)C. The quantitative estimate of drug-likeness (QED) is 0.152. The Morgan fingerprint density at radius 2 is 1.32 bits per heavy atom. The molecule has 28 heavy (non-hydrogen) atoms. The standard InChI is InChI=1S/C24H45NO3/c1-5-6-7-8-9-10-11-12-13-14-15-16-17-18-19-20-24(27)28-22(2)21-23(26)25(3)4/h12-13,22H,5-11,14-21H2,1-4H3/b13-12-/t22-/m1/s1. The van der Waals surface area contributed by atoms with E-state index in [9.17, 15) is 9.59 Å². The molecule has 0 aliphatic carbocycles. The van der Waals surface area contributed by atoms with E-state index in [0.29, 0.717) is 6.42 Å². The molecule has 0 spiro atoms. The highest BCUT2D eigenvalue weighted by molar-refractivity contribution is 5.76. The van der Waals surface area contributed by atoms with Crippen LogP contribution in [0.3, 0.4) is 0 Å². The van der Waals surface area contributed by atoms with E-state index in [-0.39, 0.29) is 24.4 Å². The van der Waals surface area contributed by atoms with Gasteiger partial charge < -0.3 is 9.64 Å². The molecule has 0 radical (unpaired) electrons. The molecular formula is C24H45NO3. The van der Waals surface area contributed by atoms with E-state index in [4.69, 9.17) is 4.74 Å². The third kappa shape index (κ3) is 18.1. The first-order chi connectivity index (χ1) is 13.5. The van der Waals surface area contributed by atoms with E-state index in [1.165, 1.54) is 75.5 Å². The van der Waals surface area contributed by atoms with Crippen molar-refractivity contribution >= 4 is 11.9 Å². The zero-order chi connectivity index (χ0) is 21.0. The molecule has 1 amide bonds. The smallest absolute Gasteiger partial charge is 0.306 e. The normalized spacial score (nSPS) is 12.3. The van der Waals surface area contributed by atoms with Crippen molar-refractivity contribution in [3.63, 3.8) is 0 Å². The summed E-state index contributed by atoms with van der Waals surface area (Å²) in [5, 5.41) is 0. The van der Waals surface area contributed by atoms with Gasteiger partial charge in [-0.1, -0.05) is 70.4 Å². The molecule has 0 N–H and O–H groups in total. The lowest BCUT2D eigenvalue weighted by Crippen LogP contribution is -2.27. The van der Waals surface area contributed by atoms with Crippen LogP contribution in [0.1, 0.15) is 110 Å². The van der Waals surface area contributed by atoms with Gasteiger partial charge in [0.25, 0.3) is 0 Å². The van der Waals surface area contributed by atoms with Crippen molar-refractivity contribution in [2.75, 3.05) is 14.1 Å². The Bertz CT molecular complexity index is 418. The Balaban J connectivity index is 3.41. The molecule has 0 saturated carbocycles. The maximum absolute atomic E-state index is 11.8. The van der Waals surface area contributed by atoms with Gasteiger partial charge in [-0.3, -0.25) is 9.59 Å². The number of nitrogens with zero attached hydrogens (tertiary/aromatic N) is 1. The van der Waals surface area contributed by atoms with Crippen LogP contribution in [-0.4, -0.2) is 37.0 Å². The molecule has 0 saturated heterocycles. The summed E-state index contributed by atoms with van der Waals surface area (Å²) in [7, 11) is 3.42. The van der Waals surface area contributed by atoms with Crippen molar-refractivity contribution < 1.29 is 14.3 Å². The number of esters is 1. The number of hydrogen-bond acceptors (Lipinski definition) is 3. The van der Waals surface area contributed by atoms with E-state index >= 15 is 0 Å². The van der Waals surface area contributed by atoms with Crippen LogP contribution in [0, 0.1) is 0 Å². The van der Waals surface area contributed by atoms with Gasteiger partial charge in [0.2, 0.25) is 5.91 Å². The minimum Gasteiger partial charge on any atom is -0.462 e. The number of allylic oxidation sites excluding steroid dienone is 2. The molecule has 164 valence electrons. The summed E-state index contributed by atoms with van der Waals surface area (Å²) in [5.41, 5.74) is 0. The van der Waals surface area contributed by atoms with E-state index in [2.05, 4.69) is 19.1 Å². The average molecular weight is 396 g/mol. The monoisotopic (exact) mass is 395 g/mol. The summed E-state index contributed by atoms with van der Waals surface area (Å²) >= 11 is 0. The largest absolute Gasteiger partial charge is 0.462 e. The summed E-state index contributed by atoms with van der Waals surface area (Å²) in [6.07, 6.45) is 21.2. The predicted octanol–water partition coefficient (Wildman–Crippen LogP) is 6.43. The molecule has 0 rings (SSSR count). The van der Waals surface area contributed by atoms with Gasteiger partial charge in [-0.2, -0.15) is 0 Å². The summed E-state index contributed by atoms with van der Waals surface area (Å²) in [6, 6.07) is 0. The Hall–Kier alpha value is -1.32. The van der Waals surface area contributed by atoms with Crippen molar-refractivity contribution in [1.29, 1.82) is 0 Å². The van der Waals surface area contributed by atoms with Crippen molar-refractivity contribution in [3.05, 3.63) is 12.2 Å². The summed E-state index contributed by atoms with van der Waals surface area (Å²) in [6.45, 7) is 4.04. The van der Waals surface area contributed by atoms with Gasteiger partial charge in [0.05, 0.1) is 6.42 Å². The Morgan fingerprint density at radius 1 is 0.821 bits per heavy atom. The van der Waals surface area contributed by atoms with Gasteiger partial charge >= 0.3 is 5.97 Å². The molecule has 0 unspecified atom stereocenters. The van der Waals surface area contributed by atoms with Crippen LogP contribution in [0.5, 0.6) is 0 Å². The summed E-state index contributed by atoms with van der Waals surface area (Å²) in [5.74, 6) is -0.196. The second kappa shape index (κ2) is 19.0. The van der Waals surface area contributed by atoms with Crippen LogP contribution in [-0.2, 0) is 14.3 Å². The van der Waals surface area contributed by atoms with Crippen LogP contribution < -0.4 is 0 Å². The highest BCUT2D eigenvalue weighted by atomic mass is 16.5. The molecule has 4 heteroatoms. The average Bonchev–Trinajstić information content (AvgIpc) is 2.64. The van der Waals surface area contributed by atoms with E-state index in [0.717, 1.165) is 12.8 Å². The lowest BCUT2D eigenvalue weighted by Gasteiger charge is -2.15. The molecule has 1 atom stereocenters. The van der Waals surface area contributed by atoms with Gasteiger partial charge in [-0.05, 0) is 39.0 Å². The van der Waals surface area contributed by atoms with Crippen LogP contribution in [0.2, 0.25) is 0 Å². The number of carbonyl (C=O) groups is 2. The molecule has 0 aromatic rings. The minimum absolute atomic E-state index is 0.0127. The molecular weight excluding hydrogens is 350 g/mol. The Labute approximate surface area is 174 Å². The molecule has 0 aliphatic heterocycles. The van der Waals surface area contributed by atoms with E-state index < -0.39 is 0 Å². The van der Waals surface area contributed by atoms with Crippen LogP contribution in [0.4, 0.5) is 0 Å². The second-order valence-corrected chi connectivity index (χ2v) is 8.13. The second-order valence-electron chi connectivity index (χ2n) is 8.13. The van der Waals surface area contributed by atoms with Crippen LogP contribution in [0.25, 0.3) is 0 Å². The first-order valence-electron chi connectivity index (χ1n) is 11.5. The fourth-order valence-corrected chi connectivity index (χ4v) is 3.09. The molecule has 0 aliphatic rings. The molecule has 0 fully saturated rings. The van der Waals surface area contributed by atoms with Crippen molar-refractivity contribution in [2.24, 2.45) is 0 Å². The first-order valence-corrected chi connectivity index (χ1v) is 11.5. The zero-order valence-corrected chi connectivity index (χ0v) is 19.0. The van der Waals surface area contributed by atoms with Gasteiger partial charge in [0, 0.05) is 20.5 Å². The summed E-state index contributed by atoms with van der Waals surface area (Å²) in [4.78, 5) is 24.9. The number of rotatable bonds is 18. The number of unbranched alkanes of at least 4 members (excludes halogenated alkanes) is 11. The van der Waals surface area contributed by atoms with Gasteiger partial charge in [0.1, 0.15) is 6.10 Å². The Kier molecular flexibility index (Phi) is 18.1. The number of amides is 1. The van der Waals surface area contributed by atoms with Crippen molar-refractivity contribution in [2.45, 2.75) is 116 Å². The fraction of sp³-hybridized carbons (Fsp3) is 0.833. The number of carbonyl (C=O) groups excluding carboxylic acids is 2. The van der Waals surface area contributed by atoms with E-state index in [1.807, 2.05) is 0 Å². The molecule has 0 bridgehead atoms. The third-order valence-electron chi connectivity index (χ3n) is 4.94. The predicted molar refractivity (Wildman–Crippen MR) is 118 cm³/mol. The lowest BCUT2D eigenvalue weighted by molar-refractivity contribution is -0.150. The van der Waals surface area contributed by atoms with Gasteiger partial charge in [0.15, 0.2) is 0 Å². The lowest BCUT2D eigenvalue weighted by atomic mass is 10.1. The van der Waals surface area contributed by atoms with Crippen LogP contribution >= 0.6 is 0 Å². The maximum atomic E-state index is 11.8. The van der Waals surface area contributed by atoms with E-state index in [1.54, 1.807) is 21.0 Å². The fourth-order valence-electron chi connectivity index (χ4n) is 3.09. The summed E-state index contributed by atoms with van der Waals surface area (Å²) < 4.78 is 5.29. The first kappa shape index (κ1) is 26.7. The topological polar surface area (TPSA) is 46.6 Å². The van der Waals surface area contributed by atoms with Crippen molar-refractivity contribution in [3.8, 4) is 0 Å². The highest BCUT2D eigenvalue weighted by Crippen LogP contribution is 2.11. The molecule has 0 aromatic carbocycles. The Morgan fingerprint density at radius 3 is 1.86 bits per heavy atom. The van der Waals surface area contributed by atoms with Crippen molar-refractivity contribution in [1.82, 2.24) is 4.90 Å². The minimum atomic E-state index is -0.342. The maximum Gasteiger partial charge on any atom is 0.306 e. The molecule has 0 heterocycles. The zero-order valence-electron chi connectivity index (χ0n) is 19.0. The number of ether oxygens (including phenoxy) is 1. The van der Waals surface area contributed by atoms with Crippen LogP contribution in [0.15, 0.2) is 12.2 Å². The third-order valence-corrected chi connectivity index (χ3v) is 4.94. The van der Waals surface area contributed by atoms with Gasteiger partial charge in [-0.15, -0.1) is 0 Å². The number of hydrogen-bond donors (Lipinski definition) is 0. The highest BCUT2D eigenvalue weighted by Gasteiger charge is 2.14. The van der Waals surface area contributed by atoms with Gasteiger partial charge in [-0.25, -0.2) is 0 Å².